The van der Waals surface area contributed by atoms with Crippen LogP contribution in [0.5, 0.6) is 6.01 Å². The molecule has 2 aromatic heterocycles. The monoisotopic (exact) mass is 758 g/mol. The Balaban J connectivity index is 1.47. The van der Waals surface area contributed by atoms with Gasteiger partial charge in [-0.05, 0) is 64.3 Å². The van der Waals surface area contributed by atoms with Crippen molar-refractivity contribution in [3.63, 3.8) is 0 Å². The molecule has 6 rings (SSSR count). The van der Waals surface area contributed by atoms with Gasteiger partial charge in [-0.3, -0.25) is 15.0 Å². The number of halogens is 4. The van der Waals surface area contributed by atoms with Crippen molar-refractivity contribution in [2.75, 3.05) is 50.6 Å². The maximum atomic E-state index is 17.1. The molecule has 2 aromatic carbocycles. The van der Waals surface area contributed by atoms with Crippen LogP contribution in [0.25, 0.3) is 32.1 Å². The van der Waals surface area contributed by atoms with Gasteiger partial charge >= 0.3 is 18.1 Å². The lowest BCUT2D eigenvalue weighted by Crippen LogP contribution is -2.43. The Morgan fingerprint density at radius 3 is 2.75 bits per heavy atom. The van der Waals surface area contributed by atoms with Gasteiger partial charge in [0.2, 0.25) is 0 Å². The van der Waals surface area contributed by atoms with Gasteiger partial charge < -0.3 is 19.1 Å². The number of alkyl halides is 1. The lowest BCUT2D eigenvalue weighted by molar-refractivity contribution is -0.140. The number of nitrogens with zero attached hydrogens (tertiary/aromatic N) is 5. The summed E-state index contributed by atoms with van der Waals surface area (Å²) in [5.74, 6) is -1.68. The summed E-state index contributed by atoms with van der Waals surface area (Å²) in [6.07, 6.45) is 0.654. The van der Waals surface area contributed by atoms with Crippen molar-refractivity contribution < 1.29 is 37.0 Å². The molecule has 0 spiro atoms. The van der Waals surface area contributed by atoms with E-state index in [0.29, 0.717) is 25.9 Å². The minimum Gasteiger partial charge on any atom is -0.469 e. The zero-order chi connectivity index (χ0) is 37.5. The Kier molecular flexibility index (Phi) is 10.5. The molecule has 0 aliphatic carbocycles. The van der Waals surface area contributed by atoms with E-state index in [9.17, 15) is 19.2 Å². The molecule has 1 N–H and O–H groups in total. The van der Waals surface area contributed by atoms with Gasteiger partial charge in [-0.1, -0.05) is 17.7 Å². The van der Waals surface area contributed by atoms with Crippen LogP contribution in [0.3, 0.4) is 0 Å². The summed E-state index contributed by atoms with van der Waals surface area (Å²) in [6.45, 7) is 6.52. The largest absolute Gasteiger partial charge is 0.469 e. The van der Waals surface area contributed by atoms with Crippen molar-refractivity contribution in [3.8, 4) is 23.2 Å². The number of rotatable bonds is 10. The average molecular weight is 759 g/mol. The molecule has 1 amide bonds. The lowest BCUT2D eigenvalue weighted by atomic mass is 9.95. The summed E-state index contributed by atoms with van der Waals surface area (Å²) in [4.78, 5) is 37.4. The summed E-state index contributed by atoms with van der Waals surface area (Å²) < 4.78 is 63.1. The summed E-state index contributed by atoms with van der Waals surface area (Å²) in [5, 5.41) is 13.0. The van der Waals surface area contributed by atoms with Crippen LogP contribution in [0.15, 0.2) is 18.2 Å². The number of hydrogen-bond donors (Lipinski definition) is 1. The fourth-order valence-corrected chi connectivity index (χ4v) is 8.41. The van der Waals surface area contributed by atoms with Crippen molar-refractivity contribution in [3.05, 3.63) is 40.4 Å². The third-order valence-corrected chi connectivity index (χ3v) is 10.7. The molecule has 52 heavy (non-hydrogen) atoms. The number of methoxy groups -OCH3 is 1. The SMILES string of the molecule is COC(=O)CCCN(C)c1nc(OC[C@@]23CCCN2C[C@H](F)C3)nc2c(F)c(-c3ccc(F)c4sc(NC(=O)OC(C)(C)C)c(C#N)c34)c(Cl)cc12. The van der Waals surface area contributed by atoms with E-state index in [0.717, 1.165) is 36.8 Å². The highest BCUT2D eigenvalue weighted by Gasteiger charge is 2.49. The molecule has 276 valence electrons. The molecule has 2 aliphatic heterocycles. The van der Waals surface area contributed by atoms with Crippen LogP contribution in [0.4, 0.5) is 28.8 Å². The Labute approximate surface area is 307 Å². The quantitative estimate of drug-likeness (QED) is 0.159. The Morgan fingerprint density at radius 1 is 1.27 bits per heavy atom. The Bertz CT molecular complexity index is 2100. The zero-order valence-corrected chi connectivity index (χ0v) is 30.9. The fourth-order valence-electron chi connectivity index (χ4n) is 7.05. The van der Waals surface area contributed by atoms with Gasteiger partial charge in [-0.15, -0.1) is 11.3 Å². The number of nitriles is 1. The number of benzene rings is 2. The third-order valence-electron chi connectivity index (χ3n) is 9.32. The molecule has 0 radical (unpaired) electrons. The van der Waals surface area contributed by atoms with E-state index in [1.54, 1.807) is 32.7 Å². The second kappa shape index (κ2) is 14.6. The maximum Gasteiger partial charge on any atom is 0.412 e. The van der Waals surface area contributed by atoms with Gasteiger partial charge in [0.05, 0.1) is 27.9 Å². The molecule has 4 heterocycles. The highest BCUT2D eigenvalue weighted by atomic mass is 35.5. The first-order chi connectivity index (χ1) is 24.6. The minimum absolute atomic E-state index is 0.00323. The molecule has 4 aromatic rings. The predicted molar refractivity (Wildman–Crippen MR) is 193 cm³/mol. The topological polar surface area (TPSA) is 130 Å². The molecule has 2 aliphatic rings. The summed E-state index contributed by atoms with van der Waals surface area (Å²) >= 11 is 7.64. The number of hydrogen-bond acceptors (Lipinski definition) is 11. The van der Waals surface area contributed by atoms with Gasteiger partial charge in [0.25, 0.3) is 0 Å². The normalized spacial score (nSPS) is 18.7. The summed E-state index contributed by atoms with van der Waals surface area (Å²) in [6, 6.07) is 5.82. The third kappa shape index (κ3) is 7.29. The Hall–Kier alpha value is -4.39. The van der Waals surface area contributed by atoms with Crippen molar-refractivity contribution >= 4 is 66.8 Å². The number of fused-ring (bicyclic) bond motifs is 3. The van der Waals surface area contributed by atoms with E-state index in [4.69, 9.17) is 25.8 Å². The number of carbonyl (C=O) groups is 2. The number of thiophene rings is 1. The lowest BCUT2D eigenvalue weighted by Gasteiger charge is -2.31. The first-order valence-corrected chi connectivity index (χ1v) is 18.0. The molecular weight excluding hydrogens is 721 g/mol. The second-order valence-electron chi connectivity index (χ2n) is 14.1. The number of amides is 1. The van der Waals surface area contributed by atoms with E-state index in [1.807, 2.05) is 6.07 Å². The van der Waals surface area contributed by atoms with Crippen LogP contribution in [0, 0.1) is 23.0 Å². The van der Waals surface area contributed by atoms with Gasteiger partial charge in [0.1, 0.15) is 46.6 Å². The van der Waals surface area contributed by atoms with Crippen molar-refractivity contribution in [1.82, 2.24) is 14.9 Å². The second-order valence-corrected chi connectivity index (χ2v) is 15.5. The highest BCUT2D eigenvalue weighted by molar-refractivity contribution is 7.23. The van der Waals surface area contributed by atoms with Crippen LogP contribution >= 0.6 is 22.9 Å². The van der Waals surface area contributed by atoms with Crippen molar-refractivity contribution in [2.45, 2.75) is 70.2 Å². The number of carbonyl (C=O) groups excluding carboxylic acids is 2. The van der Waals surface area contributed by atoms with E-state index < -0.39 is 35.0 Å². The smallest absolute Gasteiger partial charge is 0.412 e. The zero-order valence-electron chi connectivity index (χ0n) is 29.4. The summed E-state index contributed by atoms with van der Waals surface area (Å²) in [7, 11) is 3.02. The maximum absolute atomic E-state index is 17.1. The van der Waals surface area contributed by atoms with Gasteiger partial charge in [0, 0.05) is 49.3 Å². The van der Waals surface area contributed by atoms with Crippen molar-refractivity contribution in [2.24, 2.45) is 0 Å². The molecule has 16 heteroatoms. The van der Waals surface area contributed by atoms with Gasteiger partial charge in [-0.2, -0.15) is 15.2 Å². The first kappa shape index (κ1) is 37.4. The molecule has 2 saturated heterocycles. The number of nitrogens with one attached hydrogen (secondary N) is 1. The van der Waals surface area contributed by atoms with E-state index in [2.05, 4.69) is 20.2 Å². The van der Waals surface area contributed by atoms with Crippen LogP contribution in [0.1, 0.15) is 58.4 Å². The molecule has 0 unspecified atom stereocenters. The minimum atomic E-state index is -0.983. The van der Waals surface area contributed by atoms with Crippen LogP contribution < -0.4 is 15.0 Å². The van der Waals surface area contributed by atoms with Gasteiger partial charge in [-0.25, -0.2) is 18.0 Å². The number of anilines is 2. The summed E-state index contributed by atoms with van der Waals surface area (Å²) in [5.41, 5.74) is -1.68. The van der Waals surface area contributed by atoms with Crippen LogP contribution in [-0.4, -0.2) is 84.6 Å². The highest BCUT2D eigenvalue weighted by Crippen LogP contribution is 2.47. The van der Waals surface area contributed by atoms with Crippen LogP contribution in [-0.2, 0) is 14.3 Å². The standard InChI is InChI=1S/C36H38ClF3N6O5S/c1-35(2,3)51-34(48)44-32-22(16-41)26-20(9-10-24(39)30(26)52-32)27-23(37)14-21-29(28(27)40)42-33(43-31(21)45(4)12-6-8-25(47)49-5)50-18-36-11-7-13-46(36)17-19(38)15-36/h9-10,14,19H,6-8,11-13,15,17-18H2,1-5H3,(H,44,48)/t19-,36+/m1/s1. The fraction of sp³-hybridized carbons (Fsp3) is 0.472. The van der Waals surface area contributed by atoms with E-state index in [1.165, 1.54) is 19.2 Å². The molecule has 11 nitrogen and oxygen atoms in total. The number of esters is 1. The first-order valence-electron chi connectivity index (χ1n) is 16.8. The molecule has 2 fully saturated rings. The predicted octanol–water partition coefficient (Wildman–Crippen LogP) is 8.01. The van der Waals surface area contributed by atoms with Crippen LogP contribution in [0.2, 0.25) is 5.02 Å². The van der Waals surface area contributed by atoms with Gasteiger partial charge in [0.15, 0.2) is 5.82 Å². The van der Waals surface area contributed by atoms with E-state index in [-0.39, 0.29) is 78.5 Å². The van der Waals surface area contributed by atoms with Crippen molar-refractivity contribution in [1.29, 1.82) is 5.26 Å². The number of aromatic nitrogens is 2. The molecule has 0 saturated carbocycles. The molecular formula is C36H38ClF3N6O5S. The molecule has 0 bridgehead atoms. The Morgan fingerprint density at radius 2 is 2.04 bits per heavy atom. The number of ether oxygens (including phenoxy) is 3. The van der Waals surface area contributed by atoms with E-state index >= 15 is 8.78 Å². The average Bonchev–Trinajstić information content (AvgIpc) is 3.73. The molecule has 2 atom stereocenters.